The number of hydrogen-bond donors (Lipinski definition) is 0. The number of nitrogens with zero attached hydrogens (tertiary/aromatic N) is 1. The van der Waals surface area contributed by atoms with Crippen molar-refractivity contribution in [2.75, 3.05) is 18.1 Å². The average Bonchev–Trinajstić information content (AvgIpc) is 2.47. The maximum absolute atomic E-state index is 11.4. The quantitative estimate of drug-likeness (QED) is 0.682. The van der Waals surface area contributed by atoms with Crippen molar-refractivity contribution in [3.05, 3.63) is 0 Å². The molecule has 80 valence electrons. The van der Waals surface area contributed by atoms with E-state index in [1.54, 1.807) is 11.8 Å². The van der Waals surface area contributed by atoms with Crippen LogP contribution in [-0.2, 0) is 9.84 Å². The second kappa shape index (κ2) is 3.64. The summed E-state index contributed by atoms with van der Waals surface area (Å²) in [5, 5.41) is 0.194. The maximum atomic E-state index is 11.4. The van der Waals surface area contributed by atoms with Crippen molar-refractivity contribution < 1.29 is 8.42 Å². The van der Waals surface area contributed by atoms with Crippen LogP contribution in [0.25, 0.3) is 0 Å². The molecular formula is C8H13NO2S3. The summed E-state index contributed by atoms with van der Waals surface area (Å²) >= 11 is 6.79. The molecule has 3 nitrogen and oxygen atoms in total. The van der Waals surface area contributed by atoms with Crippen LogP contribution >= 0.6 is 24.0 Å². The molecular weight excluding hydrogens is 238 g/mol. The Balaban J connectivity index is 2.17. The zero-order valence-electron chi connectivity index (χ0n) is 7.97. The van der Waals surface area contributed by atoms with Crippen LogP contribution in [0, 0.1) is 0 Å². The van der Waals surface area contributed by atoms with Gasteiger partial charge in [-0.05, 0) is 6.42 Å². The molecule has 2 atom stereocenters. The van der Waals surface area contributed by atoms with Gasteiger partial charge in [0, 0.05) is 11.8 Å². The van der Waals surface area contributed by atoms with Crippen LogP contribution in [0.1, 0.15) is 13.3 Å². The van der Waals surface area contributed by atoms with Crippen LogP contribution in [0.2, 0.25) is 0 Å². The van der Waals surface area contributed by atoms with E-state index in [0.29, 0.717) is 11.5 Å². The molecule has 0 spiro atoms. The van der Waals surface area contributed by atoms with Crippen molar-refractivity contribution in [1.29, 1.82) is 0 Å². The first-order valence-electron chi connectivity index (χ1n) is 4.71. The van der Waals surface area contributed by atoms with Crippen LogP contribution in [-0.4, -0.2) is 47.0 Å². The van der Waals surface area contributed by atoms with E-state index in [1.807, 2.05) is 0 Å². The van der Waals surface area contributed by atoms with Gasteiger partial charge < -0.3 is 4.90 Å². The van der Waals surface area contributed by atoms with Crippen molar-refractivity contribution in [2.45, 2.75) is 24.6 Å². The van der Waals surface area contributed by atoms with E-state index in [4.69, 9.17) is 12.2 Å². The molecule has 0 radical (unpaired) electrons. The third-order valence-corrected chi connectivity index (χ3v) is 6.29. The molecule has 2 fully saturated rings. The van der Waals surface area contributed by atoms with Crippen molar-refractivity contribution >= 4 is 38.1 Å². The van der Waals surface area contributed by atoms with Gasteiger partial charge >= 0.3 is 0 Å². The predicted octanol–water partition coefficient (Wildman–Crippen LogP) is 0.896. The Bertz CT molecular complexity index is 352. The lowest BCUT2D eigenvalue weighted by Crippen LogP contribution is -2.37. The first kappa shape index (κ1) is 10.7. The molecule has 0 aromatic rings. The normalized spacial score (nSPS) is 34.9. The fourth-order valence-corrected chi connectivity index (χ4v) is 6.46. The Morgan fingerprint density at radius 3 is 2.93 bits per heavy atom. The van der Waals surface area contributed by atoms with E-state index in [0.717, 1.165) is 17.3 Å². The lowest BCUT2D eigenvalue weighted by molar-refractivity contribution is 0.362. The molecule has 2 rings (SSSR count). The summed E-state index contributed by atoms with van der Waals surface area (Å²) in [5.74, 6) is 0.605. The summed E-state index contributed by atoms with van der Waals surface area (Å²) < 4.78 is 23.7. The third-order valence-electron chi connectivity index (χ3n) is 2.62. The highest BCUT2D eigenvalue weighted by molar-refractivity contribution is 8.24. The summed E-state index contributed by atoms with van der Waals surface area (Å²) in [4.78, 5) is 2.09. The fourth-order valence-electron chi connectivity index (χ4n) is 2.03. The van der Waals surface area contributed by atoms with Gasteiger partial charge in [-0.3, -0.25) is 0 Å². The summed E-state index contributed by atoms with van der Waals surface area (Å²) in [7, 11) is -2.80. The molecule has 2 aliphatic rings. The highest BCUT2D eigenvalue weighted by Crippen LogP contribution is 2.37. The Hall–Kier alpha value is 0.190. The van der Waals surface area contributed by atoms with Gasteiger partial charge in [0.25, 0.3) is 0 Å². The van der Waals surface area contributed by atoms with Gasteiger partial charge in [-0.1, -0.05) is 30.9 Å². The lowest BCUT2D eigenvalue weighted by atomic mass is 10.2. The molecule has 0 aromatic heterocycles. The number of sulfone groups is 1. The van der Waals surface area contributed by atoms with Crippen molar-refractivity contribution in [2.24, 2.45) is 0 Å². The van der Waals surface area contributed by atoms with Crippen LogP contribution < -0.4 is 0 Å². The van der Waals surface area contributed by atoms with E-state index < -0.39 is 9.84 Å². The predicted molar refractivity (Wildman–Crippen MR) is 63.4 cm³/mol. The molecule has 0 aromatic carbocycles. The second-order valence-electron chi connectivity index (χ2n) is 3.76. The first-order chi connectivity index (χ1) is 6.53. The topological polar surface area (TPSA) is 37.4 Å². The van der Waals surface area contributed by atoms with Gasteiger partial charge in [0.2, 0.25) is 0 Å². The Labute approximate surface area is 94.1 Å². The minimum atomic E-state index is -2.80. The van der Waals surface area contributed by atoms with E-state index in [9.17, 15) is 8.42 Å². The van der Waals surface area contributed by atoms with Crippen molar-refractivity contribution in [3.63, 3.8) is 0 Å². The monoisotopic (exact) mass is 251 g/mol. The minimum Gasteiger partial charge on any atom is -0.352 e. The minimum absolute atomic E-state index is 0.150. The van der Waals surface area contributed by atoms with Crippen molar-refractivity contribution in [3.8, 4) is 0 Å². The van der Waals surface area contributed by atoms with Gasteiger partial charge in [0.15, 0.2) is 9.84 Å². The largest absolute Gasteiger partial charge is 0.352 e. The number of thioether (sulfide) groups is 1. The van der Waals surface area contributed by atoms with Crippen LogP contribution in [0.4, 0.5) is 0 Å². The van der Waals surface area contributed by atoms with Crippen LogP contribution in [0.15, 0.2) is 0 Å². The Morgan fingerprint density at radius 1 is 1.57 bits per heavy atom. The molecule has 2 unspecified atom stereocenters. The number of hydrogen-bond acceptors (Lipinski definition) is 4. The molecule has 0 amide bonds. The van der Waals surface area contributed by atoms with Crippen LogP contribution in [0.5, 0.6) is 0 Å². The third kappa shape index (κ3) is 1.79. The number of thiocarbonyl (C=S) groups is 1. The molecule has 14 heavy (non-hydrogen) atoms. The lowest BCUT2D eigenvalue weighted by Gasteiger charge is -2.22. The standard InChI is InChI=1S/C8H13NO2S3/c1-2-3-9-6-4-14(10,11)5-7(6)13-8(9)12/h6-7H,2-5H2,1H3. The molecule has 0 aliphatic carbocycles. The zero-order valence-corrected chi connectivity index (χ0v) is 10.4. The SMILES string of the molecule is CCCN1C(=S)SC2CS(=O)(=O)CC21. The molecule has 2 heterocycles. The van der Waals surface area contributed by atoms with Gasteiger partial charge in [0.05, 0.1) is 17.5 Å². The maximum Gasteiger partial charge on any atom is 0.153 e. The highest BCUT2D eigenvalue weighted by atomic mass is 32.2. The average molecular weight is 251 g/mol. The smallest absolute Gasteiger partial charge is 0.153 e. The Morgan fingerprint density at radius 2 is 2.29 bits per heavy atom. The van der Waals surface area contributed by atoms with Gasteiger partial charge in [-0.25, -0.2) is 8.42 Å². The van der Waals surface area contributed by atoms with Gasteiger partial charge in [0.1, 0.15) is 4.32 Å². The molecule has 6 heteroatoms. The Kier molecular flexibility index (Phi) is 2.79. The highest BCUT2D eigenvalue weighted by Gasteiger charge is 2.47. The van der Waals surface area contributed by atoms with Crippen LogP contribution in [0.3, 0.4) is 0 Å². The summed E-state index contributed by atoms with van der Waals surface area (Å²) in [6, 6.07) is 0.150. The fraction of sp³-hybridized carbons (Fsp3) is 0.875. The van der Waals surface area contributed by atoms with Gasteiger partial charge in [-0.2, -0.15) is 0 Å². The van der Waals surface area contributed by atoms with E-state index in [2.05, 4.69) is 11.8 Å². The summed E-state index contributed by atoms with van der Waals surface area (Å²) in [6.45, 7) is 2.98. The molecule has 0 bridgehead atoms. The van der Waals surface area contributed by atoms with E-state index in [1.165, 1.54) is 0 Å². The first-order valence-corrected chi connectivity index (χ1v) is 7.82. The molecule has 2 aliphatic heterocycles. The summed E-state index contributed by atoms with van der Waals surface area (Å²) in [6.07, 6.45) is 1.02. The molecule has 0 N–H and O–H groups in total. The number of fused-ring (bicyclic) bond motifs is 1. The molecule has 2 saturated heterocycles. The second-order valence-corrected chi connectivity index (χ2v) is 7.79. The number of rotatable bonds is 2. The summed E-state index contributed by atoms with van der Waals surface area (Å²) in [5.41, 5.74) is 0. The van der Waals surface area contributed by atoms with E-state index >= 15 is 0 Å². The van der Waals surface area contributed by atoms with Gasteiger partial charge in [-0.15, -0.1) is 0 Å². The zero-order chi connectivity index (χ0) is 10.3. The van der Waals surface area contributed by atoms with E-state index in [-0.39, 0.29) is 11.3 Å². The molecule has 0 saturated carbocycles. The van der Waals surface area contributed by atoms with Crippen molar-refractivity contribution in [1.82, 2.24) is 4.90 Å².